The Kier molecular flexibility index (Phi) is 9.18. The first-order valence-corrected chi connectivity index (χ1v) is 17.6. The van der Waals surface area contributed by atoms with Crippen molar-refractivity contribution in [3.8, 4) is 17.1 Å². The zero-order valence-electron chi connectivity index (χ0n) is 25.3. The molecule has 3 aromatic rings. The molecule has 2 saturated heterocycles. The quantitative estimate of drug-likeness (QED) is 0.340. The van der Waals surface area contributed by atoms with Crippen molar-refractivity contribution in [2.75, 3.05) is 51.5 Å². The van der Waals surface area contributed by atoms with Gasteiger partial charge >= 0.3 is 0 Å². The first kappa shape index (κ1) is 30.1. The maximum atomic E-state index is 12.2. The molecule has 0 bridgehead atoms. The van der Waals surface area contributed by atoms with Crippen LogP contribution in [0.5, 0.6) is 5.88 Å². The number of thiophene rings is 1. The summed E-state index contributed by atoms with van der Waals surface area (Å²) in [7, 11) is 0.488. The van der Waals surface area contributed by atoms with Crippen molar-refractivity contribution < 1.29 is 13.2 Å². The molecule has 0 saturated carbocycles. The molecule has 2 aliphatic heterocycles. The molecule has 5 rings (SSSR count). The second kappa shape index (κ2) is 12.5. The number of fused-ring (bicyclic) bond motifs is 1. The third-order valence-electron chi connectivity index (χ3n) is 8.60. The van der Waals surface area contributed by atoms with Gasteiger partial charge in [0.1, 0.15) is 0 Å². The highest BCUT2D eigenvalue weighted by molar-refractivity contribution is 7.89. The van der Waals surface area contributed by atoms with Crippen molar-refractivity contribution in [3.63, 3.8) is 0 Å². The van der Waals surface area contributed by atoms with Gasteiger partial charge in [-0.05, 0) is 79.1 Å². The summed E-state index contributed by atoms with van der Waals surface area (Å²) in [5.74, 6) is 0.945. The van der Waals surface area contributed by atoms with Gasteiger partial charge in [-0.2, -0.15) is 0 Å². The van der Waals surface area contributed by atoms with Gasteiger partial charge < -0.3 is 14.5 Å². The van der Waals surface area contributed by atoms with E-state index in [9.17, 15) is 8.42 Å². The molecule has 224 valence electrons. The lowest BCUT2D eigenvalue weighted by atomic mass is 10.0. The number of sulfone groups is 1. The molecular formula is C30H44N6O3S2. The Balaban J connectivity index is 1.54. The summed E-state index contributed by atoms with van der Waals surface area (Å²) < 4.78 is 30.8. The standard InChI is InChI=1S/C30H44N6O3S2/c1-20(2)34(4)24-10-14-35(15-11-24)18-25-21(3)40-28-26(32-30(33-27(25)28)36-12-8-7-9-13-36)22-16-23(19-41(6,37)38)29(39-5)31-17-22/h16-17,20,24H,7-15,18-19H2,1-6H3. The average molecular weight is 601 g/mol. The van der Waals surface area contributed by atoms with Gasteiger partial charge in [0, 0.05) is 65.7 Å². The smallest absolute Gasteiger partial charge is 0.226 e. The number of likely N-dealkylation sites (tertiary alicyclic amines) is 1. The third kappa shape index (κ3) is 6.84. The van der Waals surface area contributed by atoms with Gasteiger partial charge in [0.15, 0.2) is 9.84 Å². The predicted molar refractivity (Wildman–Crippen MR) is 168 cm³/mol. The highest BCUT2D eigenvalue weighted by atomic mass is 32.2. The van der Waals surface area contributed by atoms with Gasteiger partial charge in [-0.15, -0.1) is 11.3 Å². The van der Waals surface area contributed by atoms with Crippen LogP contribution in [0.3, 0.4) is 0 Å². The molecular weight excluding hydrogens is 557 g/mol. The van der Waals surface area contributed by atoms with E-state index in [0.29, 0.717) is 23.5 Å². The molecule has 0 spiro atoms. The number of hydrogen-bond donors (Lipinski definition) is 0. The Bertz CT molecular complexity index is 1480. The molecule has 41 heavy (non-hydrogen) atoms. The van der Waals surface area contributed by atoms with Gasteiger partial charge in [-0.3, -0.25) is 4.90 Å². The Morgan fingerprint density at radius 1 is 1.12 bits per heavy atom. The van der Waals surface area contributed by atoms with Gasteiger partial charge in [-0.1, -0.05) is 0 Å². The maximum Gasteiger partial charge on any atom is 0.226 e. The lowest BCUT2D eigenvalue weighted by Crippen LogP contribution is -2.45. The number of rotatable bonds is 9. The molecule has 5 heterocycles. The molecule has 0 radical (unpaired) electrons. The van der Waals surface area contributed by atoms with Crippen LogP contribution in [0, 0.1) is 6.92 Å². The lowest BCUT2D eigenvalue weighted by molar-refractivity contribution is 0.104. The molecule has 0 N–H and O–H groups in total. The fraction of sp³-hybridized carbons (Fsp3) is 0.633. The van der Waals surface area contributed by atoms with Crippen molar-refractivity contribution in [1.82, 2.24) is 24.8 Å². The van der Waals surface area contributed by atoms with E-state index in [0.717, 1.165) is 73.0 Å². The van der Waals surface area contributed by atoms with Crippen LogP contribution in [0.1, 0.15) is 62.0 Å². The number of ether oxygens (including phenoxy) is 1. The Morgan fingerprint density at radius 3 is 2.46 bits per heavy atom. The van der Waals surface area contributed by atoms with Gasteiger partial charge in [-0.25, -0.2) is 23.4 Å². The number of piperidine rings is 2. The van der Waals surface area contributed by atoms with Crippen LogP contribution in [0.4, 0.5) is 5.95 Å². The minimum Gasteiger partial charge on any atom is -0.481 e. The van der Waals surface area contributed by atoms with Crippen LogP contribution < -0.4 is 9.64 Å². The van der Waals surface area contributed by atoms with Crippen LogP contribution in [-0.4, -0.2) is 91.8 Å². The fourth-order valence-corrected chi connectivity index (χ4v) is 7.95. The summed E-state index contributed by atoms with van der Waals surface area (Å²) in [5.41, 5.74) is 4.44. The highest BCUT2D eigenvalue weighted by Crippen LogP contribution is 2.39. The number of aromatic nitrogens is 3. The minimum atomic E-state index is -3.28. The van der Waals surface area contributed by atoms with Crippen LogP contribution in [0.25, 0.3) is 21.5 Å². The van der Waals surface area contributed by atoms with Crippen LogP contribution >= 0.6 is 11.3 Å². The molecule has 11 heteroatoms. The molecule has 0 atom stereocenters. The van der Waals surface area contributed by atoms with Gasteiger partial charge in [0.05, 0.1) is 28.8 Å². The topological polar surface area (TPSA) is 91.8 Å². The Labute approximate surface area is 248 Å². The van der Waals surface area contributed by atoms with E-state index in [1.807, 2.05) is 6.07 Å². The highest BCUT2D eigenvalue weighted by Gasteiger charge is 2.27. The summed E-state index contributed by atoms with van der Waals surface area (Å²) in [6.45, 7) is 11.6. The van der Waals surface area contributed by atoms with Crippen molar-refractivity contribution in [1.29, 1.82) is 0 Å². The fourth-order valence-electron chi connectivity index (χ4n) is 6.07. The number of nitrogens with zero attached hydrogens (tertiary/aromatic N) is 6. The van der Waals surface area contributed by atoms with Gasteiger partial charge in [0.25, 0.3) is 0 Å². The number of anilines is 1. The zero-order valence-corrected chi connectivity index (χ0v) is 26.9. The summed E-state index contributed by atoms with van der Waals surface area (Å²) in [4.78, 5) is 23.4. The molecule has 0 amide bonds. The summed E-state index contributed by atoms with van der Waals surface area (Å²) in [6.07, 6.45) is 8.83. The van der Waals surface area contributed by atoms with Crippen LogP contribution in [-0.2, 0) is 22.1 Å². The van der Waals surface area contributed by atoms with E-state index in [1.165, 1.54) is 43.1 Å². The molecule has 2 aliphatic rings. The average Bonchev–Trinajstić information content (AvgIpc) is 3.26. The zero-order chi connectivity index (χ0) is 29.3. The first-order valence-electron chi connectivity index (χ1n) is 14.7. The summed E-state index contributed by atoms with van der Waals surface area (Å²) in [5, 5.41) is 0. The molecule has 0 aromatic carbocycles. The molecule has 0 aliphatic carbocycles. The second-order valence-corrected chi connectivity index (χ2v) is 15.3. The normalized spacial score (nSPS) is 17.7. The molecule has 3 aromatic heterocycles. The molecule has 9 nitrogen and oxygen atoms in total. The van der Waals surface area contributed by atoms with Crippen molar-refractivity contribution in [2.24, 2.45) is 0 Å². The van der Waals surface area contributed by atoms with Crippen molar-refractivity contribution >= 4 is 37.3 Å². The van der Waals surface area contributed by atoms with E-state index in [1.54, 1.807) is 17.5 Å². The number of methoxy groups -OCH3 is 1. The van der Waals surface area contributed by atoms with Crippen molar-refractivity contribution in [2.45, 2.75) is 77.3 Å². The van der Waals surface area contributed by atoms with Gasteiger partial charge in [0.2, 0.25) is 11.8 Å². The summed E-state index contributed by atoms with van der Waals surface area (Å²) >= 11 is 1.73. The first-order chi connectivity index (χ1) is 19.5. The predicted octanol–water partition coefficient (Wildman–Crippen LogP) is 4.91. The van der Waals surface area contributed by atoms with E-state index in [2.05, 4.69) is 47.5 Å². The number of hydrogen-bond acceptors (Lipinski definition) is 10. The maximum absolute atomic E-state index is 12.2. The van der Waals surface area contributed by atoms with Crippen molar-refractivity contribution in [3.05, 3.63) is 28.3 Å². The van der Waals surface area contributed by atoms with Crippen LogP contribution in [0.15, 0.2) is 12.3 Å². The number of pyridine rings is 1. The summed E-state index contributed by atoms with van der Waals surface area (Å²) in [6, 6.07) is 3.07. The largest absolute Gasteiger partial charge is 0.481 e. The van der Waals surface area contributed by atoms with E-state index in [4.69, 9.17) is 14.7 Å². The monoisotopic (exact) mass is 600 g/mol. The Morgan fingerprint density at radius 2 is 1.83 bits per heavy atom. The third-order valence-corrected chi connectivity index (χ3v) is 10.6. The SMILES string of the molecule is COc1ncc(-c2nc(N3CCCCC3)nc3c(CN4CCC(N(C)C(C)C)CC4)c(C)sc23)cc1CS(C)(=O)=O. The second-order valence-electron chi connectivity index (χ2n) is 12.0. The molecule has 2 fully saturated rings. The Hall–Kier alpha value is -2.34. The number of aryl methyl sites for hydroxylation is 1. The van der Waals surface area contributed by atoms with E-state index in [-0.39, 0.29) is 5.75 Å². The van der Waals surface area contributed by atoms with E-state index < -0.39 is 9.84 Å². The molecule has 0 unspecified atom stereocenters. The minimum absolute atomic E-state index is 0.138. The van der Waals surface area contributed by atoms with Crippen LogP contribution in [0.2, 0.25) is 0 Å². The van der Waals surface area contributed by atoms with E-state index >= 15 is 0 Å². The lowest BCUT2D eigenvalue weighted by Gasteiger charge is -2.38.